The van der Waals surface area contributed by atoms with Gasteiger partial charge in [0.1, 0.15) is 0 Å². The van der Waals surface area contributed by atoms with Crippen LogP contribution in [0.15, 0.2) is 18.2 Å². The zero-order chi connectivity index (χ0) is 13.5. The second kappa shape index (κ2) is 7.13. The Kier molecular flexibility index (Phi) is 5.80. The summed E-state index contributed by atoms with van der Waals surface area (Å²) in [7, 11) is 3.04. The summed E-state index contributed by atoms with van der Waals surface area (Å²) in [6.45, 7) is 2.48. The maximum absolute atomic E-state index is 13.4. The molecule has 100 valence electrons. The second-order valence-corrected chi connectivity index (χ2v) is 4.21. The van der Waals surface area contributed by atoms with E-state index in [4.69, 9.17) is 21.7 Å². The van der Waals surface area contributed by atoms with Gasteiger partial charge in [0.05, 0.1) is 13.7 Å². The molecule has 0 amide bonds. The van der Waals surface area contributed by atoms with E-state index in [1.807, 2.05) is 6.92 Å². The smallest absolute Gasteiger partial charge is 0.171 e. The molecule has 6 heteroatoms. The Balaban J connectivity index is 2.57. The highest BCUT2D eigenvalue weighted by Crippen LogP contribution is 2.20. The minimum absolute atomic E-state index is 0.0816. The first-order chi connectivity index (χ1) is 8.56. The Labute approximate surface area is 111 Å². The van der Waals surface area contributed by atoms with Crippen LogP contribution in [0.25, 0.3) is 0 Å². The van der Waals surface area contributed by atoms with Crippen LogP contribution in [0.5, 0.6) is 5.75 Å². The number of rotatable bonds is 5. The van der Waals surface area contributed by atoms with Gasteiger partial charge < -0.3 is 20.1 Å². The zero-order valence-corrected chi connectivity index (χ0v) is 11.4. The van der Waals surface area contributed by atoms with Gasteiger partial charge in [-0.1, -0.05) is 0 Å². The fraction of sp³-hybridized carbons (Fsp3) is 0.417. The highest BCUT2D eigenvalue weighted by molar-refractivity contribution is 7.80. The Hall–Kier alpha value is -1.40. The largest absolute Gasteiger partial charge is 0.494 e. The van der Waals surface area contributed by atoms with Crippen LogP contribution < -0.4 is 15.4 Å². The van der Waals surface area contributed by atoms with Gasteiger partial charge in [-0.3, -0.25) is 0 Å². The standard InChI is InChI=1S/C12H17FN2O2S/c1-8(7-16-2)14-12(18)15-9-4-5-11(17-3)10(13)6-9/h4-6,8H,7H2,1-3H3,(H2,14,15,18). The van der Waals surface area contributed by atoms with Gasteiger partial charge >= 0.3 is 0 Å². The van der Waals surface area contributed by atoms with E-state index in [1.54, 1.807) is 19.2 Å². The van der Waals surface area contributed by atoms with E-state index in [2.05, 4.69) is 10.6 Å². The third-order valence-electron chi connectivity index (χ3n) is 2.20. The van der Waals surface area contributed by atoms with Gasteiger partial charge in [-0.15, -0.1) is 0 Å². The summed E-state index contributed by atoms with van der Waals surface area (Å²) in [6.07, 6.45) is 0. The van der Waals surface area contributed by atoms with Crippen molar-refractivity contribution in [2.24, 2.45) is 0 Å². The van der Waals surface area contributed by atoms with Crippen LogP contribution in [-0.2, 0) is 4.74 Å². The third kappa shape index (κ3) is 4.46. The van der Waals surface area contributed by atoms with Gasteiger partial charge in [-0.2, -0.15) is 0 Å². The van der Waals surface area contributed by atoms with Crippen LogP contribution in [0.2, 0.25) is 0 Å². The molecular formula is C12H17FN2O2S. The summed E-state index contributed by atoms with van der Waals surface area (Å²) in [5.74, 6) is -0.234. The summed E-state index contributed by atoms with van der Waals surface area (Å²) in [6, 6.07) is 4.64. The number of hydrogen-bond acceptors (Lipinski definition) is 3. The minimum atomic E-state index is -0.435. The summed E-state index contributed by atoms with van der Waals surface area (Å²) in [5, 5.41) is 6.33. The van der Waals surface area contributed by atoms with Crippen LogP contribution >= 0.6 is 12.2 Å². The number of benzene rings is 1. The molecule has 18 heavy (non-hydrogen) atoms. The quantitative estimate of drug-likeness (QED) is 0.804. The van der Waals surface area contributed by atoms with Crippen molar-refractivity contribution in [3.05, 3.63) is 24.0 Å². The van der Waals surface area contributed by atoms with E-state index in [1.165, 1.54) is 13.2 Å². The predicted octanol–water partition coefficient (Wildman–Crippen LogP) is 2.16. The van der Waals surface area contributed by atoms with E-state index < -0.39 is 5.82 Å². The fourth-order valence-electron chi connectivity index (χ4n) is 1.43. The topological polar surface area (TPSA) is 42.5 Å². The maximum Gasteiger partial charge on any atom is 0.171 e. The normalized spacial score (nSPS) is 11.8. The molecule has 1 atom stereocenters. The number of halogens is 1. The first-order valence-corrected chi connectivity index (χ1v) is 5.87. The Morgan fingerprint density at radius 3 is 2.72 bits per heavy atom. The summed E-state index contributed by atoms with van der Waals surface area (Å²) >= 11 is 5.10. The van der Waals surface area contributed by atoms with Crippen molar-refractivity contribution in [1.29, 1.82) is 0 Å². The minimum Gasteiger partial charge on any atom is -0.494 e. The van der Waals surface area contributed by atoms with E-state index in [9.17, 15) is 4.39 Å². The van der Waals surface area contributed by atoms with Gasteiger partial charge in [0.2, 0.25) is 0 Å². The Bertz CT molecular complexity index is 415. The molecule has 0 aliphatic rings. The molecule has 1 aromatic rings. The molecule has 0 fully saturated rings. The van der Waals surface area contributed by atoms with Crippen LogP contribution in [-0.4, -0.2) is 32.0 Å². The monoisotopic (exact) mass is 272 g/mol. The second-order valence-electron chi connectivity index (χ2n) is 3.80. The van der Waals surface area contributed by atoms with E-state index in [0.29, 0.717) is 17.4 Å². The van der Waals surface area contributed by atoms with E-state index in [0.717, 1.165) is 0 Å². The number of ether oxygens (including phenoxy) is 2. The molecule has 0 bridgehead atoms. The zero-order valence-electron chi connectivity index (χ0n) is 10.6. The van der Waals surface area contributed by atoms with Crippen molar-refractivity contribution >= 4 is 23.0 Å². The lowest BCUT2D eigenvalue weighted by molar-refractivity contribution is 0.179. The third-order valence-corrected chi connectivity index (χ3v) is 2.42. The van der Waals surface area contributed by atoms with Crippen LogP contribution in [0, 0.1) is 5.82 Å². The lowest BCUT2D eigenvalue weighted by Crippen LogP contribution is -2.38. The van der Waals surface area contributed by atoms with E-state index in [-0.39, 0.29) is 11.8 Å². The molecule has 1 rings (SSSR count). The lowest BCUT2D eigenvalue weighted by atomic mass is 10.3. The Morgan fingerprint density at radius 1 is 1.44 bits per heavy atom. The number of nitrogens with one attached hydrogen (secondary N) is 2. The molecule has 1 aromatic carbocycles. The van der Waals surface area contributed by atoms with Crippen molar-refractivity contribution in [3.8, 4) is 5.75 Å². The van der Waals surface area contributed by atoms with Crippen LogP contribution in [0.4, 0.5) is 10.1 Å². The van der Waals surface area contributed by atoms with Gasteiger partial charge in [0.25, 0.3) is 0 Å². The molecule has 0 saturated heterocycles. The van der Waals surface area contributed by atoms with Crippen molar-refractivity contribution < 1.29 is 13.9 Å². The van der Waals surface area contributed by atoms with Crippen LogP contribution in [0.1, 0.15) is 6.92 Å². The first-order valence-electron chi connectivity index (χ1n) is 5.46. The molecule has 2 N–H and O–H groups in total. The number of methoxy groups -OCH3 is 2. The van der Waals surface area contributed by atoms with Crippen LogP contribution in [0.3, 0.4) is 0 Å². The molecule has 0 spiro atoms. The maximum atomic E-state index is 13.4. The summed E-state index contributed by atoms with van der Waals surface area (Å²) in [5.41, 5.74) is 0.565. The van der Waals surface area contributed by atoms with Gasteiger partial charge in [-0.05, 0) is 31.3 Å². The molecule has 0 radical (unpaired) electrons. The molecule has 0 aliphatic heterocycles. The van der Waals surface area contributed by atoms with E-state index >= 15 is 0 Å². The van der Waals surface area contributed by atoms with Crippen molar-refractivity contribution in [1.82, 2.24) is 5.32 Å². The number of anilines is 1. The highest BCUT2D eigenvalue weighted by atomic mass is 32.1. The molecule has 0 saturated carbocycles. The summed E-state index contributed by atoms with van der Waals surface area (Å²) < 4.78 is 23.2. The van der Waals surface area contributed by atoms with Crippen molar-refractivity contribution in [2.45, 2.75) is 13.0 Å². The predicted molar refractivity (Wildman–Crippen MR) is 73.6 cm³/mol. The summed E-state index contributed by atoms with van der Waals surface area (Å²) in [4.78, 5) is 0. The average Bonchev–Trinajstić information content (AvgIpc) is 2.29. The van der Waals surface area contributed by atoms with Gasteiger partial charge in [-0.25, -0.2) is 4.39 Å². The highest BCUT2D eigenvalue weighted by Gasteiger charge is 2.06. The molecule has 4 nitrogen and oxygen atoms in total. The van der Waals surface area contributed by atoms with Gasteiger partial charge in [0.15, 0.2) is 16.7 Å². The SMILES string of the molecule is COCC(C)NC(=S)Nc1ccc(OC)c(F)c1. The molecule has 0 aliphatic carbocycles. The van der Waals surface area contributed by atoms with Gasteiger partial charge in [0, 0.05) is 24.9 Å². The molecular weight excluding hydrogens is 255 g/mol. The fourth-order valence-corrected chi connectivity index (χ4v) is 1.75. The number of hydrogen-bond donors (Lipinski definition) is 2. The average molecular weight is 272 g/mol. The first kappa shape index (κ1) is 14.7. The van der Waals surface area contributed by atoms with Crippen molar-refractivity contribution in [2.75, 3.05) is 26.1 Å². The Morgan fingerprint density at radius 2 is 2.17 bits per heavy atom. The van der Waals surface area contributed by atoms with Crippen molar-refractivity contribution in [3.63, 3.8) is 0 Å². The number of thiocarbonyl (C=S) groups is 1. The molecule has 1 unspecified atom stereocenters. The molecule has 0 heterocycles. The lowest BCUT2D eigenvalue weighted by Gasteiger charge is -2.16. The molecule has 0 aromatic heterocycles.